The Morgan fingerprint density at radius 2 is 2.33 bits per heavy atom. The van der Waals surface area contributed by atoms with Crippen molar-refractivity contribution >= 4 is 23.3 Å². The third kappa shape index (κ3) is 2.80. The number of aliphatic hydroxyl groups is 1. The van der Waals surface area contributed by atoms with Crippen molar-refractivity contribution in [1.82, 2.24) is 10.2 Å². The zero-order valence-electron chi connectivity index (χ0n) is 9.57. The van der Waals surface area contributed by atoms with Crippen molar-refractivity contribution in [3.8, 4) is 0 Å². The zero-order chi connectivity index (χ0) is 13.1. The summed E-state index contributed by atoms with van der Waals surface area (Å²) >= 11 is 1.53. The number of aliphatic hydroxyl groups excluding tert-OH is 1. The van der Waals surface area contributed by atoms with Gasteiger partial charge in [-0.1, -0.05) is 0 Å². The largest absolute Gasteiger partial charge is 0.480 e. The molecule has 0 saturated carbocycles. The van der Waals surface area contributed by atoms with Crippen LogP contribution in [-0.2, 0) is 11.3 Å². The minimum atomic E-state index is -1.09. The number of carbonyl (C=O) groups excluding carboxylic acids is 1. The van der Waals surface area contributed by atoms with Crippen molar-refractivity contribution in [3.05, 3.63) is 22.4 Å². The molecule has 1 aromatic rings. The maximum Gasteiger partial charge on any atom is 0.326 e. The van der Waals surface area contributed by atoms with Gasteiger partial charge in [0.1, 0.15) is 6.04 Å². The van der Waals surface area contributed by atoms with Gasteiger partial charge < -0.3 is 20.4 Å². The molecule has 0 aliphatic carbocycles. The molecule has 18 heavy (non-hydrogen) atoms. The van der Waals surface area contributed by atoms with E-state index in [4.69, 9.17) is 5.11 Å². The number of carboxylic acids is 1. The summed E-state index contributed by atoms with van der Waals surface area (Å²) in [6.07, 6.45) is -0.681. The monoisotopic (exact) mass is 270 g/mol. The number of likely N-dealkylation sites (tertiary alicyclic amines) is 1. The quantitative estimate of drug-likeness (QED) is 0.745. The Morgan fingerprint density at radius 3 is 2.94 bits per heavy atom. The lowest BCUT2D eigenvalue weighted by atomic mass is 10.2. The van der Waals surface area contributed by atoms with Crippen molar-refractivity contribution in [1.29, 1.82) is 0 Å². The topological polar surface area (TPSA) is 89.9 Å². The van der Waals surface area contributed by atoms with Gasteiger partial charge in [-0.15, -0.1) is 0 Å². The van der Waals surface area contributed by atoms with E-state index in [-0.39, 0.29) is 13.0 Å². The highest BCUT2D eigenvalue weighted by molar-refractivity contribution is 7.07. The van der Waals surface area contributed by atoms with E-state index in [1.165, 1.54) is 16.2 Å². The minimum absolute atomic E-state index is 0.0619. The normalized spacial score (nSPS) is 23.1. The number of nitrogens with one attached hydrogen (secondary N) is 1. The predicted octanol–water partition coefficient (Wildman–Crippen LogP) is 0.478. The van der Waals surface area contributed by atoms with Gasteiger partial charge in [0.2, 0.25) is 0 Å². The summed E-state index contributed by atoms with van der Waals surface area (Å²) in [7, 11) is 0. The van der Waals surface area contributed by atoms with Gasteiger partial charge in [0.25, 0.3) is 0 Å². The van der Waals surface area contributed by atoms with Gasteiger partial charge in [0, 0.05) is 19.5 Å². The predicted molar refractivity (Wildman–Crippen MR) is 65.3 cm³/mol. The van der Waals surface area contributed by atoms with Crippen LogP contribution in [-0.4, -0.2) is 45.8 Å². The number of urea groups is 1. The lowest BCUT2D eigenvalue weighted by molar-refractivity contribution is -0.141. The van der Waals surface area contributed by atoms with E-state index in [1.54, 1.807) is 0 Å². The lowest BCUT2D eigenvalue weighted by Gasteiger charge is -2.21. The van der Waals surface area contributed by atoms with Gasteiger partial charge in [0.05, 0.1) is 6.10 Å². The number of aliphatic carboxylic acids is 1. The van der Waals surface area contributed by atoms with Crippen LogP contribution in [0.25, 0.3) is 0 Å². The van der Waals surface area contributed by atoms with Gasteiger partial charge >= 0.3 is 12.0 Å². The molecule has 0 spiro atoms. The maximum absolute atomic E-state index is 11.8. The highest BCUT2D eigenvalue weighted by Crippen LogP contribution is 2.18. The summed E-state index contributed by atoms with van der Waals surface area (Å²) in [5.41, 5.74) is 0.972. The van der Waals surface area contributed by atoms with Crippen molar-refractivity contribution in [2.24, 2.45) is 0 Å². The van der Waals surface area contributed by atoms with Crippen LogP contribution in [0, 0.1) is 0 Å². The molecule has 1 saturated heterocycles. The molecule has 98 valence electrons. The first-order chi connectivity index (χ1) is 8.58. The van der Waals surface area contributed by atoms with Gasteiger partial charge in [-0.3, -0.25) is 0 Å². The van der Waals surface area contributed by atoms with Gasteiger partial charge in [-0.25, -0.2) is 9.59 Å². The Bertz CT molecular complexity index is 434. The molecule has 1 aliphatic heterocycles. The average molecular weight is 270 g/mol. The number of β-amino-alcohol motifs (C(OH)–C–C–N with tert-alkyl or cyclic N) is 1. The Balaban J connectivity index is 1.93. The van der Waals surface area contributed by atoms with E-state index < -0.39 is 24.1 Å². The molecule has 7 heteroatoms. The molecule has 0 aromatic carbocycles. The number of thiophene rings is 1. The fourth-order valence-corrected chi connectivity index (χ4v) is 2.61. The summed E-state index contributed by atoms with van der Waals surface area (Å²) in [6.45, 7) is 0.424. The van der Waals surface area contributed by atoms with E-state index in [2.05, 4.69) is 5.32 Å². The van der Waals surface area contributed by atoms with Gasteiger partial charge in [-0.2, -0.15) is 11.3 Å². The van der Waals surface area contributed by atoms with Crippen molar-refractivity contribution < 1.29 is 19.8 Å². The molecule has 3 N–H and O–H groups in total. The standard InChI is InChI=1S/C11H14N2O4S/c14-8-3-9(10(15)16)13(5-8)11(17)12-4-7-1-2-18-6-7/h1-2,6,8-9,14H,3-5H2,(H,12,17)(H,15,16)/t8-,9-/m0/s1. The Hall–Kier alpha value is -1.60. The van der Waals surface area contributed by atoms with Crippen LogP contribution in [0.1, 0.15) is 12.0 Å². The van der Waals surface area contributed by atoms with E-state index in [0.29, 0.717) is 6.54 Å². The fraction of sp³-hybridized carbons (Fsp3) is 0.455. The van der Waals surface area contributed by atoms with Crippen molar-refractivity contribution in [2.45, 2.75) is 25.1 Å². The number of hydrogen-bond acceptors (Lipinski definition) is 4. The minimum Gasteiger partial charge on any atom is -0.480 e. The van der Waals surface area contributed by atoms with Crippen LogP contribution in [0.2, 0.25) is 0 Å². The molecular formula is C11H14N2O4S. The fourth-order valence-electron chi connectivity index (χ4n) is 1.94. The second kappa shape index (κ2) is 5.36. The van der Waals surface area contributed by atoms with Crippen molar-refractivity contribution in [2.75, 3.05) is 6.54 Å². The molecule has 0 radical (unpaired) electrons. The van der Waals surface area contributed by atoms with Crippen LogP contribution in [0.5, 0.6) is 0 Å². The summed E-state index contributed by atoms with van der Waals surface area (Å²) in [5, 5.41) is 24.9. The van der Waals surface area contributed by atoms with Crippen LogP contribution >= 0.6 is 11.3 Å². The lowest BCUT2D eigenvalue weighted by Crippen LogP contribution is -2.45. The molecular weight excluding hydrogens is 256 g/mol. The van der Waals surface area contributed by atoms with Gasteiger partial charge in [-0.05, 0) is 22.4 Å². The summed E-state index contributed by atoms with van der Waals surface area (Å²) < 4.78 is 0. The first-order valence-corrected chi connectivity index (χ1v) is 6.48. The molecule has 2 atom stereocenters. The third-order valence-corrected chi connectivity index (χ3v) is 3.58. The molecule has 2 rings (SSSR count). The van der Waals surface area contributed by atoms with E-state index >= 15 is 0 Å². The smallest absolute Gasteiger partial charge is 0.326 e. The molecule has 1 aliphatic rings. The number of carbonyl (C=O) groups is 2. The van der Waals surface area contributed by atoms with E-state index in [9.17, 15) is 14.7 Å². The Morgan fingerprint density at radius 1 is 1.56 bits per heavy atom. The molecule has 2 amide bonds. The molecule has 6 nitrogen and oxygen atoms in total. The second-order valence-corrected chi connectivity index (χ2v) is 4.97. The molecule has 0 bridgehead atoms. The van der Waals surface area contributed by atoms with Crippen molar-refractivity contribution in [3.63, 3.8) is 0 Å². The summed E-state index contributed by atoms with van der Waals surface area (Å²) in [4.78, 5) is 24.0. The number of carboxylic acid groups (broad SMARTS) is 1. The summed E-state index contributed by atoms with van der Waals surface area (Å²) in [6, 6.07) is 0.492. The number of amides is 2. The van der Waals surface area contributed by atoms with Crippen LogP contribution in [0.3, 0.4) is 0 Å². The van der Waals surface area contributed by atoms with Crippen LogP contribution < -0.4 is 5.32 Å². The Labute approximate surface area is 108 Å². The number of rotatable bonds is 3. The average Bonchev–Trinajstić information content (AvgIpc) is 2.94. The van der Waals surface area contributed by atoms with E-state index in [0.717, 1.165) is 5.56 Å². The summed E-state index contributed by atoms with van der Waals surface area (Å²) in [5.74, 6) is -1.09. The van der Waals surface area contributed by atoms with Crippen LogP contribution in [0.15, 0.2) is 16.8 Å². The molecule has 1 fully saturated rings. The molecule has 2 heterocycles. The first kappa shape index (κ1) is 12.8. The van der Waals surface area contributed by atoms with Crippen LogP contribution in [0.4, 0.5) is 4.79 Å². The second-order valence-electron chi connectivity index (χ2n) is 4.19. The highest BCUT2D eigenvalue weighted by Gasteiger charge is 2.38. The van der Waals surface area contributed by atoms with Gasteiger partial charge in [0.15, 0.2) is 0 Å². The Kier molecular flexibility index (Phi) is 3.83. The van der Waals surface area contributed by atoms with E-state index in [1.807, 2.05) is 16.8 Å². The third-order valence-electron chi connectivity index (χ3n) is 2.85. The first-order valence-electron chi connectivity index (χ1n) is 5.54. The highest BCUT2D eigenvalue weighted by atomic mass is 32.1. The number of nitrogens with zero attached hydrogens (tertiary/aromatic N) is 1. The molecule has 0 unspecified atom stereocenters. The SMILES string of the molecule is O=C(O)[C@@H]1C[C@H](O)CN1C(=O)NCc1ccsc1. The number of hydrogen-bond donors (Lipinski definition) is 3. The zero-order valence-corrected chi connectivity index (χ0v) is 10.4. The maximum atomic E-state index is 11.8. The molecule has 1 aromatic heterocycles.